The molecule has 248 valence electrons. The number of ketones is 1. The Bertz CT molecular complexity index is 904. The molecule has 0 radical (unpaired) electrons. The Balaban J connectivity index is 4.05. The van der Waals surface area contributed by atoms with E-state index in [0.29, 0.717) is 12.3 Å². The predicted octanol–water partition coefficient (Wildman–Crippen LogP) is 13.2. The Kier molecular flexibility index (Phi) is 23.7. The molecule has 2 atom stereocenters. The lowest BCUT2D eigenvalue weighted by Gasteiger charge is -2.22. The van der Waals surface area contributed by atoms with Crippen molar-refractivity contribution in [1.29, 1.82) is 0 Å². The van der Waals surface area contributed by atoms with Crippen molar-refractivity contribution >= 4 is 5.78 Å². The van der Waals surface area contributed by atoms with Crippen molar-refractivity contribution in [2.75, 3.05) is 7.11 Å². The van der Waals surface area contributed by atoms with E-state index in [1.165, 1.54) is 100 Å². The van der Waals surface area contributed by atoms with Crippen molar-refractivity contribution in [2.24, 2.45) is 11.8 Å². The highest BCUT2D eigenvalue weighted by molar-refractivity contribution is 5.86. The van der Waals surface area contributed by atoms with Gasteiger partial charge in [0.05, 0.1) is 0 Å². The Hall–Kier alpha value is -1.67. The van der Waals surface area contributed by atoms with E-state index < -0.39 is 5.60 Å². The first-order chi connectivity index (χ1) is 20.3. The van der Waals surface area contributed by atoms with Crippen LogP contribution in [-0.2, 0) is 9.53 Å². The molecule has 0 aliphatic rings. The van der Waals surface area contributed by atoms with Crippen LogP contribution < -0.4 is 0 Å². The molecular weight excluding hydrogens is 524 g/mol. The second-order valence-corrected chi connectivity index (χ2v) is 14.4. The lowest BCUT2D eigenvalue weighted by Crippen LogP contribution is -2.33. The second-order valence-electron chi connectivity index (χ2n) is 14.4. The standard InChI is InChI=1S/C41H72O2/c1-33(2)19-14-22-36(5)25-17-28-37(6)26-15-23-34(3)20-12-13-21-35(4)24-16-27-38(7)29-18-30-39(8)31-32-40(42)41(9,10)43-11/h19,21,23,25,27,37,39H,12-18,20,22,24,26,28-32H2,1-11H3/b34-23+,35-21+,36-25+,38-27+/t37-,39?/m0/s1. The van der Waals surface area contributed by atoms with Crippen LogP contribution in [0.25, 0.3) is 0 Å². The van der Waals surface area contributed by atoms with Gasteiger partial charge in [0.15, 0.2) is 5.78 Å². The van der Waals surface area contributed by atoms with Crippen LogP contribution in [0.15, 0.2) is 58.2 Å². The van der Waals surface area contributed by atoms with Gasteiger partial charge in [0, 0.05) is 13.5 Å². The van der Waals surface area contributed by atoms with E-state index in [1.807, 2.05) is 13.8 Å². The van der Waals surface area contributed by atoms with E-state index in [0.717, 1.165) is 18.8 Å². The lowest BCUT2D eigenvalue weighted by molar-refractivity contribution is -0.137. The Morgan fingerprint density at radius 3 is 1.53 bits per heavy atom. The minimum atomic E-state index is -0.650. The van der Waals surface area contributed by atoms with Crippen LogP contribution in [0.4, 0.5) is 0 Å². The molecule has 0 saturated heterocycles. The van der Waals surface area contributed by atoms with Crippen LogP contribution in [0.5, 0.6) is 0 Å². The van der Waals surface area contributed by atoms with E-state index in [9.17, 15) is 4.79 Å². The van der Waals surface area contributed by atoms with E-state index in [2.05, 4.69) is 85.8 Å². The molecule has 0 amide bonds. The fourth-order valence-corrected chi connectivity index (χ4v) is 5.31. The number of unbranched alkanes of at least 4 members (excludes halogenated alkanes) is 1. The van der Waals surface area contributed by atoms with Gasteiger partial charge >= 0.3 is 0 Å². The number of carbonyl (C=O) groups is 1. The molecule has 43 heavy (non-hydrogen) atoms. The number of methoxy groups -OCH3 is 1. The third-order valence-electron chi connectivity index (χ3n) is 9.01. The molecule has 0 aromatic carbocycles. The minimum absolute atomic E-state index is 0.212. The molecule has 0 heterocycles. The number of Topliss-reactive ketones (excluding diaryl/α,β-unsaturated/α-hetero) is 1. The number of hydrogen-bond donors (Lipinski definition) is 0. The molecule has 0 fully saturated rings. The first-order valence-corrected chi connectivity index (χ1v) is 17.6. The quantitative estimate of drug-likeness (QED) is 0.0774. The van der Waals surface area contributed by atoms with Gasteiger partial charge in [0.1, 0.15) is 5.60 Å². The average molecular weight is 597 g/mol. The maximum atomic E-state index is 12.3. The SMILES string of the molecule is COC(C)(C)C(=O)CCC(C)CCC/C(C)=C/CC/C(C)=C/CCC/C(C)=C/CC[C@H](C)CC/C=C(\C)CCC=C(C)C. The monoisotopic (exact) mass is 597 g/mol. The predicted molar refractivity (Wildman–Crippen MR) is 193 cm³/mol. The Labute approximate surface area is 269 Å². The minimum Gasteiger partial charge on any atom is -0.371 e. The van der Waals surface area contributed by atoms with E-state index in [4.69, 9.17) is 4.74 Å². The molecule has 0 aliphatic heterocycles. The van der Waals surface area contributed by atoms with Gasteiger partial charge in [-0.05, 0) is 157 Å². The van der Waals surface area contributed by atoms with Gasteiger partial charge in [-0.1, -0.05) is 78.5 Å². The highest BCUT2D eigenvalue weighted by Crippen LogP contribution is 2.21. The zero-order chi connectivity index (χ0) is 32.7. The van der Waals surface area contributed by atoms with Crippen molar-refractivity contribution in [1.82, 2.24) is 0 Å². The number of ether oxygens (including phenoxy) is 1. The molecule has 0 aromatic heterocycles. The van der Waals surface area contributed by atoms with Gasteiger partial charge in [-0.3, -0.25) is 4.79 Å². The maximum Gasteiger partial charge on any atom is 0.164 e. The van der Waals surface area contributed by atoms with Crippen LogP contribution >= 0.6 is 0 Å². The lowest BCUT2D eigenvalue weighted by atomic mass is 9.92. The van der Waals surface area contributed by atoms with Crippen LogP contribution in [-0.4, -0.2) is 18.5 Å². The summed E-state index contributed by atoms with van der Waals surface area (Å²) in [5.74, 6) is 1.60. The zero-order valence-electron chi connectivity index (χ0n) is 30.7. The van der Waals surface area contributed by atoms with Crippen molar-refractivity contribution in [3.8, 4) is 0 Å². The van der Waals surface area contributed by atoms with Crippen molar-refractivity contribution < 1.29 is 9.53 Å². The topological polar surface area (TPSA) is 26.3 Å². The number of rotatable bonds is 25. The van der Waals surface area contributed by atoms with E-state index >= 15 is 0 Å². The molecular formula is C41H72O2. The van der Waals surface area contributed by atoms with E-state index in [1.54, 1.807) is 18.3 Å². The summed E-state index contributed by atoms with van der Waals surface area (Å²) in [7, 11) is 1.62. The molecule has 0 bridgehead atoms. The van der Waals surface area contributed by atoms with Crippen LogP contribution in [0, 0.1) is 11.8 Å². The number of carbonyl (C=O) groups excluding carboxylic acids is 1. The summed E-state index contributed by atoms with van der Waals surface area (Å²) >= 11 is 0. The molecule has 0 aromatic rings. The Morgan fingerprint density at radius 1 is 0.558 bits per heavy atom. The molecule has 1 unspecified atom stereocenters. The maximum absolute atomic E-state index is 12.3. The summed E-state index contributed by atoms with van der Waals surface area (Å²) in [4.78, 5) is 12.3. The van der Waals surface area contributed by atoms with Gasteiger partial charge in [-0.15, -0.1) is 0 Å². The van der Waals surface area contributed by atoms with Crippen LogP contribution in [0.3, 0.4) is 0 Å². The summed E-state index contributed by atoms with van der Waals surface area (Å²) in [5, 5.41) is 0. The summed E-state index contributed by atoms with van der Waals surface area (Å²) in [6, 6.07) is 0. The normalized spacial score (nSPS) is 15.0. The molecule has 2 nitrogen and oxygen atoms in total. The number of hydrogen-bond acceptors (Lipinski definition) is 2. The van der Waals surface area contributed by atoms with Gasteiger partial charge in [-0.2, -0.15) is 0 Å². The Morgan fingerprint density at radius 2 is 1.00 bits per heavy atom. The molecule has 0 spiro atoms. The fraction of sp³-hybridized carbons (Fsp3) is 0.732. The third-order valence-corrected chi connectivity index (χ3v) is 9.01. The largest absolute Gasteiger partial charge is 0.371 e. The average Bonchev–Trinajstić information content (AvgIpc) is 2.93. The third kappa shape index (κ3) is 24.3. The van der Waals surface area contributed by atoms with Crippen molar-refractivity contribution in [3.05, 3.63) is 58.2 Å². The van der Waals surface area contributed by atoms with Gasteiger partial charge < -0.3 is 4.74 Å². The summed E-state index contributed by atoms with van der Waals surface area (Å²) in [6.45, 7) is 21.9. The van der Waals surface area contributed by atoms with Crippen LogP contribution in [0.1, 0.15) is 172 Å². The first kappa shape index (κ1) is 41.3. The number of allylic oxidation sites excluding steroid dienone is 10. The molecule has 0 rings (SSSR count). The summed E-state index contributed by atoms with van der Waals surface area (Å²) in [5.41, 5.74) is 6.92. The van der Waals surface area contributed by atoms with Crippen molar-refractivity contribution in [3.63, 3.8) is 0 Å². The molecule has 2 heteroatoms. The van der Waals surface area contributed by atoms with Crippen molar-refractivity contribution in [2.45, 2.75) is 178 Å². The summed E-state index contributed by atoms with van der Waals surface area (Å²) < 4.78 is 5.31. The smallest absolute Gasteiger partial charge is 0.164 e. The highest BCUT2D eigenvalue weighted by Gasteiger charge is 2.26. The summed E-state index contributed by atoms with van der Waals surface area (Å²) in [6.07, 6.45) is 30.8. The first-order valence-electron chi connectivity index (χ1n) is 17.6. The second kappa shape index (κ2) is 24.6. The van der Waals surface area contributed by atoms with Gasteiger partial charge in [0.2, 0.25) is 0 Å². The molecule has 0 aliphatic carbocycles. The van der Waals surface area contributed by atoms with Gasteiger partial charge in [0.25, 0.3) is 0 Å². The highest BCUT2D eigenvalue weighted by atomic mass is 16.5. The van der Waals surface area contributed by atoms with Gasteiger partial charge in [-0.25, -0.2) is 0 Å². The molecule has 0 saturated carbocycles. The zero-order valence-corrected chi connectivity index (χ0v) is 30.7. The van der Waals surface area contributed by atoms with E-state index in [-0.39, 0.29) is 5.78 Å². The fourth-order valence-electron chi connectivity index (χ4n) is 5.31. The molecule has 0 N–H and O–H groups in total. The van der Waals surface area contributed by atoms with Crippen LogP contribution in [0.2, 0.25) is 0 Å².